The number of nitriles is 1. The molecule has 2 fully saturated rings. The highest BCUT2D eigenvalue weighted by Crippen LogP contribution is 2.26. The number of likely N-dealkylation sites (tertiary alicyclic amines) is 1. The second-order valence-electron chi connectivity index (χ2n) is 9.50. The molecule has 0 amide bonds. The second-order valence-corrected chi connectivity index (χ2v) is 9.50. The van der Waals surface area contributed by atoms with Crippen molar-refractivity contribution in [1.82, 2.24) is 19.9 Å². The van der Waals surface area contributed by atoms with Crippen LogP contribution in [0.2, 0.25) is 0 Å². The molecule has 1 saturated heterocycles. The molecule has 2 aromatic rings. The van der Waals surface area contributed by atoms with Crippen LogP contribution in [0.4, 0.5) is 17.3 Å². The van der Waals surface area contributed by atoms with Crippen LogP contribution in [0.15, 0.2) is 24.7 Å². The lowest BCUT2D eigenvalue weighted by atomic mass is 9.89. The first-order chi connectivity index (χ1) is 16.7. The van der Waals surface area contributed by atoms with Crippen molar-refractivity contribution in [3.8, 4) is 6.07 Å². The summed E-state index contributed by atoms with van der Waals surface area (Å²) < 4.78 is 0. The van der Waals surface area contributed by atoms with Crippen LogP contribution < -0.4 is 10.6 Å². The standard InChI is InChI=1S/C26H35N7O/c27-15-22-18-31-26(19-28-22)32-25-14-24(29-16-20-7-3-1-4-8-20)21(17-30-25)13-23(34)9-12-33-10-5-2-6-11-33/h14,17-20H,1-13,16H2,(H2,29,30,31,32). The van der Waals surface area contributed by atoms with Crippen molar-refractivity contribution in [2.24, 2.45) is 5.92 Å². The number of Topliss-reactive ketones (excluding diaryl/α,β-unsaturated/α-hetero) is 1. The van der Waals surface area contributed by atoms with E-state index in [4.69, 9.17) is 5.26 Å². The summed E-state index contributed by atoms with van der Waals surface area (Å²) in [4.78, 5) is 28.0. The topological polar surface area (TPSA) is 107 Å². The van der Waals surface area contributed by atoms with Crippen LogP contribution in [0.1, 0.15) is 69.0 Å². The zero-order valence-electron chi connectivity index (χ0n) is 19.9. The molecule has 180 valence electrons. The van der Waals surface area contributed by atoms with Crippen molar-refractivity contribution < 1.29 is 4.79 Å². The number of hydrogen-bond donors (Lipinski definition) is 2. The van der Waals surface area contributed by atoms with E-state index in [1.54, 1.807) is 6.20 Å². The summed E-state index contributed by atoms with van der Waals surface area (Å²) in [6, 6.07) is 3.92. The minimum Gasteiger partial charge on any atom is -0.384 e. The summed E-state index contributed by atoms with van der Waals surface area (Å²) >= 11 is 0. The summed E-state index contributed by atoms with van der Waals surface area (Å²) in [7, 11) is 0. The fourth-order valence-corrected chi connectivity index (χ4v) is 4.85. The Balaban J connectivity index is 1.42. The van der Waals surface area contributed by atoms with Gasteiger partial charge in [0.05, 0.1) is 12.4 Å². The molecule has 1 saturated carbocycles. The molecular weight excluding hydrogens is 426 g/mol. The Kier molecular flexibility index (Phi) is 8.80. The van der Waals surface area contributed by atoms with Crippen molar-refractivity contribution in [2.45, 2.75) is 64.2 Å². The van der Waals surface area contributed by atoms with Crippen molar-refractivity contribution in [1.29, 1.82) is 5.26 Å². The summed E-state index contributed by atoms with van der Waals surface area (Å²) in [6.07, 6.45) is 16.0. The van der Waals surface area contributed by atoms with Crippen LogP contribution in [0.25, 0.3) is 0 Å². The SMILES string of the molecule is N#Cc1cnc(Nc2cc(NCC3CCCCC3)c(CC(=O)CCN3CCCCC3)cn2)cn1. The third-order valence-electron chi connectivity index (χ3n) is 6.86. The number of nitrogens with zero attached hydrogens (tertiary/aromatic N) is 5. The first-order valence-electron chi connectivity index (χ1n) is 12.7. The van der Waals surface area contributed by atoms with Crippen molar-refractivity contribution in [2.75, 3.05) is 36.8 Å². The molecule has 1 aliphatic carbocycles. The molecule has 2 aromatic heterocycles. The number of carbonyl (C=O) groups is 1. The zero-order chi connectivity index (χ0) is 23.6. The molecule has 0 radical (unpaired) electrons. The largest absolute Gasteiger partial charge is 0.384 e. The van der Waals surface area contributed by atoms with Gasteiger partial charge in [-0.3, -0.25) is 4.79 Å². The average Bonchev–Trinajstić information content (AvgIpc) is 2.89. The number of anilines is 3. The van der Waals surface area contributed by atoms with Crippen molar-refractivity contribution in [3.63, 3.8) is 0 Å². The average molecular weight is 462 g/mol. The van der Waals surface area contributed by atoms with Gasteiger partial charge in [-0.1, -0.05) is 25.7 Å². The number of aromatic nitrogens is 3. The molecule has 8 heteroatoms. The number of piperidine rings is 1. The molecule has 0 bridgehead atoms. The van der Waals surface area contributed by atoms with E-state index >= 15 is 0 Å². The molecule has 3 heterocycles. The second kappa shape index (κ2) is 12.4. The Labute approximate surface area is 202 Å². The van der Waals surface area contributed by atoms with Gasteiger partial charge in [0.1, 0.15) is 23.5 Å². The van der Waals surface area contributed by atoms with Crippen LogP contribution >= 0.6 is 0 Å². The van der Waals surface area contributed by atoms with Crippen LogP contribution in [-0.2, 0) is 11.2 Å². The lowest BCUT2D eigenvalue weighted by Gasteiger charge is -2.26. The Bertz CT molecular complexity index is 974. The number of pyridine rings is 1. The maximum Gasteiger partial charge on any atom is 0.158 e. The van der Waals surface area contributed by atoms with Gasteiger partial charge in [-0.25, -0.2) is 15.0 Å². The first kappa shape index (κ1) is 24.1. The monoisotopic (exact) mass is 461 g/mol. The van der Waals surface area contributed by atoms with Gasteiger partial charge >= 0.3 is 0 Å². The Morgan fingerprint density at radius 3 is 2.50 bits per heavy atom. The van der Waals surface area contributed by atoms with Crippen LogP contribution in [0.5, 0.6) is 0 Å². The summed E-state index contributed by atoms with van der Waals surface area (Å²) in [5, 5.41) is 15.7. The molecule has 4 rings (SSSR count). The normalized spacial score (nSPS) is 17.1. The fraction of sp³-hybridized carbons (Fsp3) is 0.577. The molecule has 0 spiro atoms. The predicted molar refractivity (Wildman–Crippen MR) is 133 cm³/mol. The molecule has 2 N–H and O–H groups in total. The molecule has 8 nitrogen and oxygen atoms in total. The minimum absolute atomic E-state index is 0.256. The predicted octanol–water partition coefficient (Wildman–Crippen LogP) is 4.47. The molecule has 1 aliphatic heterocycles. The maximum absolute atomic E-state index is 12.8. The summed E-state index contributed by atoms with van der Waals surface area (Å²) in [5.74, 6) is 2.09. The lowest BCUT2D eigenvalue weighted by Crippen LogP contribution is -2.31. The highest BCUT2D eigenvalue weighted by atomic mass is 16.1. The highest BCUT2D eigenvalue weighted by Gasteiger charge is 2.17. The number of hydrogen-bond acceptors (Lipinski definition) is 8. The quantitative estimate of drug-likeness (QED) is 0.534. The van der Waals surface area contributed by atoms with Crippen molar-refractivity contribution in [3.05, 3.63) is 35.9 Å². The third-order valence-corrected chi connectivity index (χ3v) is 6.86. The Morgan fingerprint density at radius 2 is 1.76 bits per heavy atom. The van der Waals surface area contributed by atoms with Gasteiger partial charge in [-0.15, -0.1) is 0 Å². The van der Waals surface area contributed by atoms with Crippen LogP contribution in [0.3, 0.4) is 0 Å². The Hall–Kier alpha value is -3.05. The van der Waals surface area contributed by atoms with Crippen molar-refractivity contribution >= 4 is 23.1 Å². The molecular formula is C26H35N7O. The van der Waals surface area contributed by atoms with E-state index in [1.165, 1.54) is 63.8 Å². The summed E-state index contributed by atoms with van der Waals surface area (Å²) in [6.45, 7) is 3.99. The van der Waals surface area contributed by atoms with Crippen LogP contribution in [0, 0.1) is 17.2 Å². The maximum atomic E-state index is 12.8. The van der Waals surface area contributed by atoms with Gasteiger partial charge in [0.25, 0.3) is 0 Å². The molecule has 34 heavy (non-hydrogen) atoms. The molecule has 2 aliphatic rings. The number of carbonyl (C=O) groups excluding carboxylic acids is 1. The Morgan fingerprint density at radius 1 is 1.00 bits per heavy atom. The van der Waals surface area contributed by atoms with Gasteiger partial charge in [-0.2, -0.15) is 5.26 Å². The minimum atomic E-state index is 0.256. The lowest BCUT2D eigenvalue weighted by molar-refractivity contribution is -0.118. The highest BCUT2D eigenvalue weighted by molar-refractivity contribution is 5.83. The molecule has 0 atom stereocenters. The van der Waals surface area contributed by atoms with E-state index in [2.05, 4.69) is 30.5 Å². The van der Waals surface area contributed by atoms with Gasteiger partial charge in [-0.05, 0) is 44.7 Å². The van der Waals surface area contributed by atoms with Crippen LogP contribution in [-0.4, -0.2) is 51.8 Å². The van der Waals surface area contributed by atoms with E-state index in [1.807, 2.05) is 12.1 Å². The fourth-order valence-electron chi connectivity index (χ4n) is 4.85. The van der Waals surface area contributed by atoms with Gasteiger partial charge in [0, 0.05) is 49.4 Å². The van der Waals surface area contributed by atoms with E-state index in [0.717, 1.165) is 37.4 Å². The number of nitrogens with one attached hydrogen (secondary N) is 2. The first-order valence-corrected chi connectivity index (χ1v) is 12.7. The molecule has 0 aromatic carbocycles. The van der Waals surface area contributed by atoms with Gasteiger partial charge < -0.3 is 15.5 Å². The number of rotatable bonds is 10. The number of ketones is 1. The van der Waals surface area contributed by atoms with E-state index in [9.17, 15) is 4.79 Å². The molecule has 0 unspecified atom stereocenters. The third kappa shape index (κ3) is 7.22. The zero-order valence-corrected chi connectivity index (χ0v) is 19.9. The van der Waals surface area contributed by atoms with E-state index in [-0.39, 0.29) is 11.5 Å². The van der Waals surface area contributed by atoms with E-state index < -0.39 is 0 Å². The smallest absolute Gasteiger partial charge is 0.158 e. The van der Waals surface area contributed by atoms with E-state index in [0.29, 0.717) is 30.4 Å². The van der Waals surface area contributed by atoms with Gasteiger partial charge in [0.15, 0.2) is 5.69 Å². The summed E-state index contributed by atoms with van der Waals surface area (Å²) in [5.41, 5.74) is 2.17. The van der Waals surface area contributed by atoms with Gasteiger partial charge in [0.2, 0.25) is 0 Å².